The van der Waals surface area contributed by atoms with E-state index in [9.17, 15) is 4.79 Å². The Morgan fingerprint density at radius 1 is 1.77 bits per heavy atom. The van der Waals surface area contributed by atoms with Crippen LogP contribution in [0, 0.1) is 11.3 Å². The maximum atomic E-state index is 11.4. The molecule has 0 aromatic rings. The molecule has 0 amide bonds. The van der Waals surface area contributed by atoms with E-state index < -0.39 is 5.41 Å². The fourth-order valence-electron chi connectivity index (χ4n) is 1.57. The van der Waals surface area contributed by atoms with E-state index >= 15 is 0 Å². The maximum absolute atomic E-state index is 11.4. The summed E-state index contributed by atoms with van der Waals surface area (Å²) in [4.78, 5) is 11.4. The molecule has 0 aromatic carbocycles. The molecular weight excluding hydrogens is 168 g/mol. The zero-order chi connectivity index (χ0) is 9.90. The summed E-state index contributed by atoms with van der Waals surface area (Å²) < 4.78 is 4.90. The average Bonchev–Trinajstić information content (AvgIpc) is 2.81. The van der Waals surface area contributed by atoms with E-state index in [0.717, 1.165) is 0 Å². The van der Waals surface area contributed by atoms with E-state index in [1.165, 1.54) is 0 Å². The first kappa shape index (κ1) is 10.3. The highest BCUT2D eigenvalue weighted by atomic mass is 16.5. The van der Waals surface area contributed by atoms with Gasteiger partial charge in [0.2, 0.25) is 0 Å². The van der Waals surface area contributed by atoms with E-state index in [1.54, 1.807) is 6.92 Å². The summed E-state index contributed by atoms with van der Waals surface area (Å²) in [5.74, 6) is -0.0952. The van der Waals surface area contributed by atoms with Crippen molar-refractivity contribution in [2.75, 3.05) is 13.2 Å². The topological polar surface area (TPSA) is 46.5 Å². The van der Waals surface area contributed by atoms with Crippen LogP contribution < -0.4 is 0 Å². The highest BCUT2D eigenvalue weighted by molar-refractivity contribution is 5.81. The van der Waals surface area contributed by atoms with Crippen LogP contribution >= 0.6 is 0 Å². The molecule has 2 atom stereocenters. The normalized spacial score (nSPS) is 32.1. The van der Waals surface area contributed by atoms with Gasteiger partial charge in [0, 0.05) is 0 Å². The molecule has 1 rings (SSSR count). The molecule has 1 saturated carbocycles. The minimum atomic E-state index is -0.622. The number of allylic oxidation sites excluding steroid dienone is 2. The van der Waals surface area contributed by atoms with Crippen molar-refractivity contribution in [3.63, 3.8) is 0 Å². The van der Waals surface area contributed by atoms with Crippen molar-refractivity contribution in [1.29, 1.82) is 0 Å². The lowest BCUT2D eigenvalue weighted by Crippen LogP contribution is -2.24. The molecule has 3 nitrogen and oxygen atoms in total. The van der Waals surface area contributed by atoms with E-state index in [4.69, 9.17) is 9.84 Å². The standard InChI is InChI=1S/C10H16O3/c1-3-5-8-6-10(8,7-11)9(12)13-4-2/h3,5,8,11H,4,6-7H2,1-2H3/b5-3+. The second-order valence-corrected chi connectivity index (χ2v) is 3.37. The SMILES string of the molecule is C/C=C/C1CC1(CO)C(=O)OCC. The summed E-state index contributed by atoms with van der Waals surface area (Å²) in [6, 6.07) is 0. The molecule has 0 aliphatic heterocycles. The van der Waals surface area contributed by atoms with Crippen molar-refractivity contribution in [3.05, 3.63) is 12.2 Å². The molecule has 0 radical (unpaired) electrons. The first-order valence-corrected chi connectivity index (χ1v) is 4.62. The molecule has 74 valence electrons. The molecule has 0 saturated heterocycles. The average molecular weight is 184 g/mol. The highest BCUT2D eigenvalue weighted by Gasteiger charge is 2.59. The fourth-order valence-corrected chi connectivity index (χ4v) is 1.57. The first-order chi connectivity index (χ1) is 6.21. The molecule has 13 heavy (non-hydrogen) atoms. The van der Waals surface area contributed by atoms with Gasteiger partial charge in [-0.05, 0) is 26.2 Å². The number of hydrogen-bond donors (Lipinski definition) is 1. The summed E-state index contributed by atoms with van der Waals surface area (Å²) in [7, 11) is 0. The summed E-state index contributed by atoms with van der Waals surface area (Å²) in [6.07, 6.45) is 4.57. The van der Waals surface area contributed by atoms with Gasteiger partial charge in [0.25, 0.3) is 0 Å². The number of esters is 1. The number of aliphatic hydroxyl groups is 1. The molecule has 0 heterocycles. The Hall–Kier alpha value is -0.830. The first-order valence-electron chi connectivity index (χ1n) is 4.62. The molecule has 2 unspecified atom stereocenters. The smallest absolute Gasteiger partial charge is 0.315 e. The van der Waals surface area contributed by atoms with Crippen LogP contribution in [-0.2, 0) is 9.53 Å². The largest absolute Gasteiger partial charge is 0.465 e. The minimum absolute atomic E-state index is 0.110. The second kappa shape index (κ2) is 3.92. The summed E-state index contributed by atoms with van der Waals surface area (Å²) in [6.45, 7) is 3.95. The minimum Gasteiger partial charge on any atom is -0.465 e. The van der Waals surface area contributed by atoms with Crippen molar-refractivity contribution >= 4 is 5.97 Å². The second-order valence-electron chi connectivity index (χ2n) is 3.37. The highest BCUT2D eigenvalue weighted by Crippen LogP contribution is 2.53. The predicted octanol–water partition coefficient (Wildman–Crippen LogP) is 1.12. The Morgan fingerprint density at radius 3 is 2.92 bits per heavy atom. The van der Waals surface area contributed by atoms with Gasteiger partial charge < -0.3 is 9.84 Å². The van der Waals surface area contributed by atoms with Gasteiger partial charge in [0.15, 0.2) is 0 Å². The number of carbonyl (C=O) groups excluding carboxylic acids is 1. The molecule has 0 spiro atoms. The molecule has 1 aliphatic carbocycles. The molecule has 1 N–H and O–H groups in total. The lowest BCUT2D eigenvalue weighted by Gasteiger charge is -2.11. The fraction of sp³-hybridized carbons (Fsp3) is 0.700. The van der Waals surface area contributed by atoms with Crippen LogP contribution in [0.15, 0.2) is 12.2 Å². The number of hydrogen-bond acceptors (Lipinski definition) is 3. The van der Waals surface area contributed by atoms with Gasteiger partial charge in [0.05, 0.1) is 18.6 Å². The van der Waals surface area contributed by atoms with Gasteiger partial charge in [-0.15, -0.1) is 0 Å². The van der Waals surface area contributed by atoms with E-state index in [1.807, 2.05) is 19.1 Å². The summed E-state index contributed by atoms with van der Waals surface area (Å²) in [5.41, 5.74) is -0.622. The molecule has 3 heteroatoms. The van der Waals surface area contributed by atoms with Crippen molar-refractivity contribution in [2.24, 2.45) is 11.3 Å². The van der Waals surface area contributed by atoms with Gasteiger partial charge in [-0.1, -0.05) is 12.2 Å². The third-order valence-electron chi connectivity index (χ3n) is 2.52. The van der Waals surface area contributed by atoms with Crippen LogP contribution in [-0.4, -0.2) is 24.3 Å². The lowest BCUT2D eigenvalue weighted by atomic mass is 10.1. The molecule has 1 aliphatic rings. The van der Waals surface area contributed by atoms with Crippen LogP contribution in [0.3, 0.4) is 0 Å². The van der Waals surface area contributed by atoms with Crippen molar-refractivity contribution < 1.29 is 14.6 Å². The predicted molar refractivity (Wildman–Crippen MR) is 49.1 cm³/mol. The third kappa shape index (κ3) is 1.75. The summed E-state index contributed by atoms with van der Waals surface area (Å²) >= 11 is 0. The Labute approximate surface area is 78.4 Å². The Morgan fingerprint density at radius 2 is 2.46 bits per heavy atom. The number of rotatable bonds is 4. The van der Waals surface area contributed by atoms with Crippen LogP contribution in [0.5, 0.6) is 0 Å². The van der Waals surface area contributed by atoms with E-state index in [-0.39, 0.29) is 18.5 Å². The van der Waals surface area contributed by atoms with Crippen LogP contribution in [0.25, 0.3) is 0 Å². The van der Waals surface area contributed by atoms with Crippen molar-refractivity contribution in [1.82, 2.24) is 0 Å². The van der Waals surface area contributed by atoms with Gasteiger partial charge >= 0.3 is 5.97 Å². The van der Waals surface area contributed by atoms with Crippen molar-refractivity contribution in [3.8, 4) is 0 Å². The monoisotopic (exact) mass is 184 g/mol. The molecule has 0 aromatic heterocycles. The van der Waals surface area contributed by atoms with Gasteiger partial charge in [-0.25, -0.2) is 0 Å². The third-order valence-corrected chi connectivity index (χ3v) is 2.52. The van der Waals surface area contributed by atoms with E-state index in [0.29, 0.717) is 13.0 Å². The number of aliphatic hydroxyl groups excluding tert-OH is 1. The Bertz CT molecular complexity index is 222. The molecule has 0 bridgehead atoms. The maximum Gasteiger partial charge on any atom is 0.315 e. The Balaban J connectivity index is 2.59. The van der Waals surface area contributed by atoms with Crippen molar-refractivity contribution in [2.45, 2.75) is 20.3 Å². The van der Waals surface area contributed by atoms with Crippen LogP contribution in [0.1, 0.15) is 20.3 Å². The van der Waals surface area contributed by atoms with Crippen LogP contribution in [0.2, 0.25) is 0 Å². The summed E-state index contributed by atoms with van der Waals surface area (Å²) in [5, 5.41) is 9.12. The van der Waals surface area contributed by atoms with Gasteiger partial charge in [-0.2, -0.15) is 0 Å². The quantitative estimate of drug-likeness (QED) is 0.526. The lowest BCUT2D eigenvalue weighted by molar-refractivity contribution is -0.151. The van der Waals surface area contributed by atoms with E-state index in [2.05, 4.69) is 0 Å². The molecule has 1 fully saturated rings. The van der Waals surface area contributed by atoms with Gasteiger partial charge in [-0.3, -0.25) is 4.79 Å². The molecular formula is C10H16O3. The number of carbonyl (C=O) groups is 1. The number of ether oxygens (including phenoxy) is 1. The zero-order valence-corrected chi connectivity index (χ0v) is 8.12. The van der Waals surface area contributed by atoms with Gasteiger partial charge in [0.1, 0.15) is 0 Å². The van der Waals surface area contributed by atoms with Crippen LogP contribution in [0.4, 0.5) is 0 Å². The Kier molecular flexibility index (Phi) is 3.09. The zero-order valence-electron chi connectivity index (χ0n) is 8.12.